The van der Waals surface area contributed by atoms with Crippen molar-refractivity contribution in [3.63, 3.8) is 0 Å². The molecule has 0 amide bonds. The van der Waals surface area contributed by atoms with Crippen molar-refractivity contribution in [3.8, 4) is 5.75 Å². The highest BCUT2D eigenvalue weighted by atomic mass is 79.9. The van der Waals surface area contributed by atoms with Gasteiger partial charge in [0.2, 0.25) is 0 Å². The van der Waals surface area contributed by atoms with Crippen molar-refractivity contribution in [3.05, 3.63) is 28.2 Å². The Balaban J connectivity index is 2.01. The van der Waals surface area contributed by atoms with E-state index in [9.17, 15) is 0 Å². The molecule has 0 radical (unpaired) electrons. The Morgan fingerprint density at radius 3 is 2.79 bits per heavy atom. The third-order valence-electron chi connectivity index (χ3n) is 2.20. The molecule has 1 aliphatic rings. The van der Waals surface area contributed by atoms with Gasteiger partial charge in [0.05, 0.1) is 6.61 Å². The van der Waals surface area contributed by atoms with Crippen molar-refractivity contribution < 1.29 is 9.47 Å². The number of hydrogen-bond donors (Lipinski definition) is 0. The van der Waals surface area contributed by atoms with Gasteiger partial charge in [0, 0.05) is 4.47 Å². The van der Waals surface area contributed by atoms with Gasteiger partial charge in [-0.1, -0.05) is 15.9 Å². The molecule has 0 bridgehead atoms. The van der Waals surface area contributed by atoms with E-state index in [1.165, 1.54) is 5.56 Å². The summed E-state index contributed by atoms with van der Waals surface area (Å²) in [6, 6.07) is 6.05. The molecule has 76 valence electrons. The van der Waals surface area contributed by atoms with Gasteiger partial charge in [0.25, 0.3) is 0 Å². The maximum atomic E-state index is 5.64. The third kappa shape index (κ3) is 2.49. The molecule has 0 N–H and O–H groups in total. The van der Waals surface area contributed by atoms with E-state index in [-0.39, 0.29) is 5.60 Å². The minimum Gasteiger partial charge on any atom is -0.490 e. The molecule has 1 unspecified atom stereocenters. The Morgan fingerprint density at radius 1 is 1.50 bits per heavy atom. The summed E-state index contributed by atoms with van der Waals surface area (Å²) in [6.07, 6.45) is 0. The Labute approximate surface area is 92.3 Å². The van der Waals surface area contributed by atoms with E-state index in [4.69, 9.17) is 9.47 Å². The summed E-state index contributed by atoms with van der Waals surface area (Å²) in [4.78, 5) is 0. The lowest BCUT2D eigenvalue weighted by atomic mass is 10.2. The molecule has 1 heterocycles. The molecule has 1 saturated heterocycles. The van der Waals surface area contributed by atoms with E-state index < -0.39 is 0 Å². The van der Waals surface area contributed by atoms with E-state index in [1.54, 1.807) is 0 Å². The second-order valence-corrected chi connectivity index (χ2v) is 4.91. The molecule has 1 fully saturated rings. The first-order chi connectivity index (χ1) is 6.57. The van der Waals surface area contributed by atoms with Gasteiger partial charge < -0.3 is 9.47 Å². The minimum absolute atomic E-state index is 0.0454. The van der Waals surface area contributed by atoms with Crippen molar-refractivity contribution in [2.75, 3.05) is 13.2 Å². The summed E-state index contributed by atoms with van der Waals surface area (Å²) in [7, 11) is 0. The van der Waals surface area contributed by atoms with Crippen LogP contribution in [0.1, 0.15) is 12.5 Å². The van der Waals surface area contributed by atoms with Gasteiger partial charge in [-0.25, -0.2) is 0 Å². The molecule has 0 spiro atoms. The first kappa shape index (κ1) is 9.99. The second kappa shape index (κ2) is 3.55. The van der Waals surface area contributed by atoms with Crippen molar-refractivity contribution in [1.82, 2.24) is 0 Å². The molecule has 3 heteroatoms. The van der Waals surface area contributed by atoms with Crippen LogP contribution >= 0.6 is 15.9 Å². The molecule has 0 saturated carbocycles. The van der Waals surface area contributed by atoms with Crippen LogP contribution in [0.5, 0.6) is 5.75 Å². The minimum atomic E-state index is -0.0454. The largest absolute Gasteiger partial charge is 0.490 e. The van der Waals surface area contributed by atoms with Crippen molar-refractivity contribution in [1.29, 1.82) is 0 Å². The fraction of sp³-hybridized carbons (Fsp3) is 0.455. The third-order valence-corrected chi connectivity index (χ3v) is 2.65. The average Bonchev–Trinajstić information content (AvgIpc) is 2.80. The monoisotopic (exact) mass is 256 g/mol. The zero-order valence-corrected chi connectivity index (χ0v) is 9.93. The molecule has 0 aliphatic carbocycles. The van der Waals surface area contributed by atoms with Crippen LogP contribution in [-0.2, 0) is 4.74 Å². The summed E-state index contributed by atoms with van der Waals surface area (Å²) in [5, 5.41) is 0. The van der Waals surface area contributed by atoms with E-state index in [0.717, 1.165) is 16.8 Å². The van der Waals surface area contributed by atoms with Gasteiger partial charge in [-0.15, -0.1) is 0 Å². The van der Waals surface area contributed by atoms with Crippen molar-refractivity contribution in [2.24, 2.45) is 0 Å². The van der Waals surface area contributed by atoms with E-state index in [1.807, 2.05) is 19.1 Å². The van der Waals surface area contributed by atoms with Crippen LogP contribution < -0.4 is 4.74 Å². The maximum Gasteiger partial charge on any atom is 0.123 e. The number of halogens is 1. The number of benzene rings is 1. The molecule has 2 rings (SSSR count). The van der Waals surface area contributed by atoms with Crippen LogP contribution in [0, 0.1) is 6.92 Å². The molecule has 0 aromatic heterocycles. The highest BCUT2D eigenvalue weighted by Gasteiger charge is 2.40. The van der Waals surface area contributed by atoms with Crippen LogP contribution in [0.25, 0.3) is 0 Å². The number of ether oxygens (including phenoxy) is 2. The number of rotatable bonds is 3. The van der Waals surface area contributed by atoms with Crippen LogP contribution in [0.15, 0.2) is 22.7 Å². The summed E-state index contributed by atoms with van der Waals surface area (Å²) >= 11 is 3.44. The van der Waals surface area contributed by atoms with Crippen molar-refractivity contribution >= 4 is 15.9 Å². The Hall–Kier alpha value is -0.540. The average molecular weight is 257 g/mol. The van der Waals surface area contributed by atoms with Crippen LogP contribution in [0.3, 0.4) is 0 Å². The quantitative estimate of drug-likeness (QED) is 0.776. The highest BCUT2D eigenvalue weighted by Crippen LogP contribution is 2.28. The molecule has 2 nitrogen and oxygen atoms in total. The van der Waals surface area contributed by atoms with E-state index in [0.29, 0.717) is 6.61 Å². The molecule has 1 aliphatic heterocycles. The fourth-order valence-electron chi connectivity index (χ4n) is 1.23. The molecule has 1 atom stereocenters. The predicted molar refractivity (Wildman–Crippen MR) is 58.7 cm³/mol. The van der Waals surface area contributed by atoms with Gasteiger partial charge in [-0.2, -0.15) is 0 Å². The smallest absolute Gasteiger partial charge is 0.123 e. The first-order valence-electron chi connectivity index (χ1n) is 4.61. The Morgan fingerprint density at radius 2 is 2.21 bits per heavy atom. The molecular weight excluding hydrogens is 244 g/mol. The van der Waals surface area contributed by atoms with Crippen LogP contribution in [-0.4, -0.2) is 18.8 Å². The summed E-state index contributed by atoms with van der Waals surface area (Å²) in [5.74, 6) is 0.897. The fourth-order valence-corrected chi connectivity index (χ4v) is 1.82. The van der Waals surface area contributed by atoms with Gasteiger partial charge in [0.1, 0.15) is 18.0 Å². The SMILES string of the molecule is Cc1cc(Br)cc(OCC2(C)CO2)c1. The van der Waals surface area contributed by atoms with Gasteiger partial charge in [-0.3, -0.25) is 0 Å². The van der Waals surface area contributed by atoms with E-state index in [2.05, 4.69) is 28.9 Å². The zero-order valence-electron chi connectivity index (χ0n) is 8.34. The van der Waals surface area contributed by atoms with Crippen molar-refractivity contribution in [2.45, 2.75) is 19.4 Å². The van der Waals surface area contributed by atoms with Gasteiger partial charge in [0.15, 0.2) is 0 Å². The number of hydrogen-bond acceptors (Lipinski definition) is 2. The van der Waals surface area contributed by atoms with Gasteiger partial charge >= 0.3 is 0 Å². The first-order valence-corrected chi connectivity index (χ1v) is 5.41. The van der Waals surface area contributed by atoms with Gasteiger partial charge in [-0.05, 0) is 37.6 Å². The zero-order chi connectivity index (χ0) is 10.2. The molecule has 1 aromatic rings. The summed E-state index contributed by atoms with van der Waals surface area (Å²) in [5.41, 5.74) is 1.15. The molecule has 1 aromatic carbocycles. The lowest BCUT2D eigenvalue weighted by Crippen LogP contribution is -2.16. The topological polar surface area (TPSA) is 21.8 Å². The second-order valence-electron chi connectivity index (χ2n) is 3.99. The number of aryl methyl sites for hydroxylation is 1. The Kier molecular flexibility index (Phi) is 2.54. The normalized spacial score (nSPS) is 24.8. The lowest BCUT2D eigenvalue weighted by molar-refractivity contribution is 0.202. The van der Waals surface area contributed by atoms with E-state index >= 15 is 0 Å². The van der Waals surface area contributed by atoms with Crippen LogP contribution in [0.2, 0.25) is 0 Å². The number of epoxide rings is 1. The summed E-state index contributed by atoms with van der Waals surface area (Å²) in [6.45, 7) is 5.54. The van der Waals surface area contributed by atoms with Crippen LogP contribution in [0.4, 0.5) is 0 Å². The Bertz CT molecular complexity index is 325. The molecule has 14 heavy (non-hydrogen) atoms. The maximum absolute atomic E-state index is 5.64. The standard InChI is InChI=1S/C11H13BrO2/c1-8-3-9(12)5-10(4-8)13-6-11(2)7-14-11/h3-5H,6-7H2,1-2H3. The predicted octanol–water partition coefficient (Wildman–Crippen LogP) is 2.93. The highest BCUT2D eigenvalue weighted by molar-refractivity contribution is 9.10. The molecular formula is C11H13BrO2. The lowest BCUT2D eigenvalue weighted by Gasteiger charge is -2.09. The summed E-state index contributed by atoms with van der Waals surface area (Å²) < 4.78 is 11.9.